The van der Waals surface area contributed by atoms with Crippen LogP contribution in [0.25, 0.3) is 0 Å². The molecule has 6 nitrogen and oxygen atoms in total. The Morgan fingerprint density at radius 2 is 2.00 bits per heavy atom. The van der Waals surface area contributed by atoms with Gasteiger partial charge in [-0.2, -0.15) is 0 Å². The number of hydrogen-bond acceptors (Lipinski definition) is 5. The Labute approximate surface area is 123 Å². The molecule has 7 heteroatoms. The fourth-order valence-electron chi connectivity index (χ4n) is 1.73. The maximum atomic E-state index is 5.32. The highest BCUT2D eigenvalue weighted by Gasteiger charge is 2.13. The van der Waals surface area contributed by atoms with E-state index in [1.54, 1.807) is 14.2 Å². The molecule has 1 aromatic rings. The zero-order chi connectivity index (χ0) is 14.4. The SMILES string of the molecule is COC(CNC(=S)NCc1ccc2c(c1)OCO2)OC. The Hall–Kier alpha value is -1.57. The highest BCUT2D eigenvalue weighted by Crippen LogP contribution is 2.32. The molecular weight excluding hydrogens is 280 g/mol. The molecule has 1 aliphatic heterocycles. The molecule has 110 valence electrons. The number of benzene rings is 1. The molecular formula is C13H18N2O4S. The number of ether oxygens (including phenoxy) is 4. The minimum Gasteiger partial charge on any atom is -0.454 e. The van der Waals surface area contributed by atoms with Gasteiger partial charge in [-0.15, -0.1) is 0 Å². The van der Waals surface area contributed by atoms with Gasteiger partial charge in [0.15, 0.2) is 22.9 Å². The molecule has 0 spiro atoms. The first-order chi connectivity index (χ1) is 9.72. The van der Waals surface area contributed by atoms with Crippen molar-refractivity contribution >= 4 is 17.3 Å². The minimum atomic E-state index is -0.319. The Balaban J connectivity index is 1.76. The van der Waals surface area contributed by atoms with Crippen molar-refractivity contribution in [3.05, 3.63) is 23.8 Å². The van der Waals surface area contributed by atoms with Crippen LogP contribution in [0.2, 0.25) is 0 Å². The molecule has 0 radical (unpaired) electrons. The Morgan fingerprint density at radius 1 is 1.25 bits per heavy atom. The van der Waals surface area contributed by atoms with Crippen molar-refractivity contribution in [1.29, 1.82) is 0 Å². The van der Waals surface area contributed by atoms with Gasteiger partial charge in [0.25, 0.3) is 0 Å². The largest absolute Gasteiger partial charge is 0.454 e. The van der Waals surface area contributed by atoms with Gasteiger partial charge in [-0.3, -0.25) is 0 Å². The molecule has 1 aliphatic rings. The third-order valence-electron chi connectivity index (χ3n) is 2.85. The lowest BCUT2D eigenvalue weighted by molar-refractivity contribution is -0.0965. The highest BCUT2D eigenvalue weighted by atomic mass is 32.1. The van der Waals surface area contributed by atoms with Crippen LogP contribution in [0.4, 0.5) is 0 Å². The lowest BCUT2D eigenvalue weighted by atomic mass is 10.2. The molecule has 2 rings (SSSR count). The fraction of sp³-hybridized carbons (Fsp3) is 0.462. The Morgan fingerprint density at radius 3 is 2.75 bits per heavy atom. The van der Waals surface area contributed by atoms with Crippen molar-refractivity contribution in [2.24, 2.45) is 0 Å². The van der Waals surface area contributed by atoms with Crippen molar-refractivity contribution < 1.29 is 18.9 Å². The maximum absolute atomic E-state index is 5.32. The molecule has 0 saturated carbocycles. The predicted octanol–water partition coefficient (Wildman–Crippen LogP) is 0.998. The molecule has 0 aliphatic carbocycles. The van der Waals surface area contributed by atoms with E-state index in [1.807, 2.05) is 18.2 Å². The van der Waals surface area contributed by atoms with Crippen LogP contribution in [0.5, 0.6) is 11.5 Å². The van der Waals surface area contributed by atoms with Gasteiger partial charge >= 0.3 is 0 Å². The number of fused-ring (bicyclic) bond motifs is 1. The summed E-state index contributed by atoms with van der Waals surface area (Å²) in [4.78, 5) is 0. The third kappa shape index (κ3) is 3.96. The number of nitrogens with one attached hydrogen (secondary N) is 2. The number of hydrogen-bond donors (Lipinski definition) is 2. The van der Waals surface area contributed by atoms with Gasteiger partial charge in [-0.1, -0.05) is 6.07 Å². The van der Waals surface area contributed by atoms with E-state index in [0.29, 0.717) is 18.2 Å². The Bertz CT molecular complexity index is 466. The maximum Gasteiger partial charge on any atom is 0.231 e. The van der Waals surface area contributed by atoms with Crippen LogP contribution in [0.3, 0.4) is 0 Å². The van der Waals surface area contributed by atoms with Gasteiger partial charge in [0, 0.05) is 20.8 Å². The summed E-state index contributed by atoms with van der Waals surface area (Å²) in [5.41, 5.74) is 1.06. The standard InChI is InChI=1S/C13H18N2O4S/c1-16-12(17-2)7-15-13(20)14-6-9-3-4-10-11(5-9)19-8-18-10/h3-5,12H,6-8H2,1-2H3,(H2,14,15,20). The number of methoxy groups -OCH3 is 2. The van der Waals surface area contributed by atoms with Gasteiger partial charge in [0.1, 0.15) is 0 Å². The summed E-state index contributed by atoms with van der Waals surface area (Å²) in [5, 5.41) is 6.67. The zero-order valence-corrected chi connectivity index (χ0v) is 12.3. The average molecular weight is 298 g/mol. The van der Waals surface area contributed by atoms with E-state index >= 15 is 0 Å². The van der Waals surface area contributed by atoms with Gasteiger partial charge < -0.3 is 29.6 Å². The topological polar surface area (TPSA) is 61.0 Å². The van der Waals surface area contributed by atoms with Crippen LogP contribution in [-0.2, 0) is 16.0 Å². The quantitative estimate of drug-likeness (QED) is 0.600. The fourth-order valence-corrected chi connectivity index (χ4v) is 1.89. The molecule has 20 heavy (non-hydrogen) atoms. The van der Waals surface area contributed by atoms with E-state index < -0.39 is 0 Å². The molecule has 1 heterocycles. The molecule has 0 saturated heterocycles. The molecule has 0 unspecified atom stereocenters. The van der Waals surface area contributed by atoms with Crippen molar-refractivity contribution in [3.8, 4) is 11.5 Å². The molecule has 0 aromatic heterocycles. The first-order valence-corrected chi connectivity index (χ1v) is 6.59. The monoisotopic (exact) mass is 298 g/mol. The summed E-state index contributed by atoms with van der Waals surface area (Å²) in [6.45, 7) is 1.37. The van der Waals surface area contributed by atoms with E-state index in [-0.39, 0.29) is 13.1 Å². The molecule has 0 amide bonds. The Kier molecular flexibility index (Phi) is 5.40. The van der Waals surface area contributed by atoms with Crippen LogP contribution in [0, 0.1) is 0 Å². The van der Waals surface area contributed by atoms with Gasteiger partial charge in [-0.25, -0.2) is 0 Å². The van der Waals surface area contributed by atoms with Crippen molar-refractivity contribution in [3.63, 3.8) is 0 Å². The van der Waals surface area contributed by atoms with Gasteiger partial charge in [0.2, 0.25) is 6.79 Å². The van der Waals surface area contributed by atoms with Crippen LogP contribution in [0.1, 0.15) is 5.56 Å². The highest BCUT2D eigenvalue weighted by molar-refractivity contribution is 7.80. The van der Waals surface area contributed by atoms with Crippen LogP contribution in [-0.4, -0.2) is 39.0 Å². The van der Waals surface area contributed by atoms with Crippen LogP contribution >= 0.6 is 12.2 Å². The minimum absolute atomic E-state index is 0.279. The second-order valence-electron chi connectivity index (χ2n) is 4.15. The molecule has 2 N–H and O–H groups in total. The first-order valence-electron chi connectivity index (χ1n) is 6.18. The van der Waals surface area contributed by atoms with Crippen molar-refractivity contribution in [1.82, 2.24) is 10.6 Å². The molecule has 0 atom stereocenters. The number of thiocarbonyl (C=S) groups is 1. The van der Waals surface area contributed by atoms with E-state index in [2.05, 4.69) is 10.6 Å². The molecule has 0 fully saturated rings. The third-order valence-corrected chi connectivity index (χ3v) is 3.13. The zero-order valence-electron chi connectivity index (χ0n) is 11.5. The smallest absolute Gasteiger partial charge is 0.231 e. The van der Waals surface area contributed by atoms with Gasteiger partial charge in [0.05, 0.1) is 6.54 Å². The average Bonchev–Trinajstić information content (AvgIpc) is 2.93. The van der Waals surface area contributed by atoms with E-state index in [4.69, 9.17) is 31.2 Å². The summed E-state index contributed by atoms with van der Waals surface area (Å²) in [7, 11) is 3.16. The summed E-state index contributed by atoms with van der Waals surface area (Å²) in [5.74, 6) is 1.54. The second kappa shape index (κ2) is 7.28. The lowest BCUT2D eigenvalue weighted by Gasteiger charge is -2.16. The summed E-state index contributed by atoms with van der Waals surface area (Å²) in [6, 6.07) is 5.79. The van der Waals surface area contributed by atoms with Crippen molar-refractivity contribution in [2.75, 3.05) is 27.6 Å². The van der Waals surface area contributed by atoms with Crippen LogP contribution < -0.4 is 20.1 Å². The van der Waals surface area contributed by atoms with Gasteiger partial charge in [-0.05, 0) is 29.9 Å². The second-order valence-corrected chi connectivity index (χ2v) is 4.56. The summed E-state index contributed by atoms with van der Waals surface area (Å²) in [6.07, 6.45) is -0.319. The predicted molar refractivity (Wildman–Crippen MR) is 77.8 cm³/mol. The number of rotatable bonds is 6. The first kappa shape index (κ1) is 14.8. The van der Waals surface area contributed by atoms with E-state index in [0.717, 1.165) is 17.1 Å². The van der Waals surface area contributed by atoms with Crippen LogP contribution in [0.15, 0.2) is 18.2 Å². The van der Waals surface area contributed by atoms with E-state index in [1.165, 1.54) is 0 Å². The molecule has 1 aromatic carbocycles. The molecule has 0 bridgehead atoms. The summed E-state index contributed by atoms with van der Waals surface area (Å²) >= 11 is 5.18. The van der Waals surface area contributed by atoms with Crippen molar-refractivity contribution in [2.45, 2.75) is 12.8 Å². The summed E-state index contributed by atoms with van der Waals surface area (Å²) < 4.78 is 20.7. The normalized spacial score (nSPS) is 12.6. The lowest BCUT2D eigenvalue weighted by Crippen LogP contribution is -2.40. The van der Waals surface area contributed by atoms with E-state index in [9.17, 15) is 0 Å².